The van der Waals surface area contributed by atoms with Crippen LogP contribution in [0.25, 0.3) is 0 Å². The maximum absolute atomic E-state index is 14.7. The van der Waals surface area contributed by atoms with E-state index in [9.17, 15) is 18.0 Å². The fourth-order valence-electron chi connectivity index (χ4n) is 5.11. The summed E-state index contributed by atoms with van der Waals surface area (Å²) >= 11 is 7.67. The number of amides is 2. The van der Waals surface area contributed by atoms with Crippen molar-refractivity contribution in [2.24, 2.45) is 0 Å². The highest BCUT2D eigenvalue weighted by molar-refractivity contribution is 7.98. The van der Waals surface area contributed by atoms with Crippen LogP contribution in [0.1, 0.15) is 38.3 Å². The summed E-state index contributed by atoms with van der Waals surface area (Å²) in [6.07, 6.45) is 2.83. The van der Waals surface area contributed by atoms with Crippen molar-refractivity contribution in [3.05, 3.63) is 119 Å². The molecule has 0 heterocycles. The zero-order valence-electron chi connectivity index (χ0n) is 27.6. The van der Waals surface area contributed by atoms with Crippen molar-refractivity contribution in [3.8, 4) is 5.75 Å². The minimum Gasteiger partial charge on any atom is -0.492 e. The summed E-state index contributed by atoms with van der Waals surface area (Å²) in [6.45, 7) is 5.44. The molecule has 48 heavy (non-hydrogen) atoms. The topological polar surface area (TPSA) is 96.0 Å². The maximum atomic E-state index is 14.7. The van der Waals surface area contributed by atoms with E-state index in [2.05, 4.69) is 5.32 Å². The predicted molar refractivity (Wildman–Crippen MR) is 194 cm³/mol. The molecule has 4 rings (SSSR count). The molecule has 0 aromatic heterocycles. The number of carbonyl (C=O) groups excluding carboxylic acids is 2. The van der Waals surface area contributed by atoms with Crippen LogP contribution < -0.4 is 14.4 Å². The number of halogens is 1. The first-order chi connectivity index (χ1) is 23.1. The van der Waals surface area contributed by atoms with Gasteiger partial charge in [-0.2, -0.15) is 0 Å². The van der Waals surface area contributed by atoms with Crippen molar-refractivity contribution in [2.45, 2.75) is 62.0 Å². The molecule has 0 spiro atoms. The molecule has 2 amide bonds. The molecular formula is C37H42ClN3O5S2. The third-order valence-electron chi connectivity index (χ3n) is 7.90. The molecule has 0 aliphatic carbocycles. The van der Waals surface area contributed by atoms with Crippen molar-refractivity contribution < 1.29 is 22.7 Å². The van der Waals surface area contributed by atoms with Gasteiger partial charge >= 0.3 is 0 Å². The summed E-state index contributed by atoms with van der Waals surface area (Å²) in [7, 11) is -4.28. The van der Waals surface area contributed by atoms with E-state index in [1.165, 1.54) is 28.8 Å². The summed E-state index contributed by atoms with van der Waals surface area (Å²) in [5, 5.41) is 3.58. The van der Waals surface area contributed by atoms with Gasteiger partial charge in [-0.1, -0.05) is 73.1 Å². The number of carbonyl (C=O) groups is 2. The van der Waals surface area contributed by atoms with Crippen LogP contribution in [0.3, 0.4) is 0 Å². The maximum Gasteiger partial charge on any atom is 0.264 e. The fourth-order valence-corrected chi connectivity index (χ4v) is 7.07. The van der Waals surface area contributed by atoms with Crippen LogP contribution in [-0.2, 0) is 32.6 Å². The lowest BCUT2D eigenvalue weighted by Gasteiger charge is -2.34. The van der Waals surface area contributed by atoms with Crippen LogP contribution in [0.4, 0.5) is 5.69 Å². The Labute approximate surface area is 293 Å². The van der Waals surface area contributed by atoms with Gasteiger partial charge in [0.05, 0.1) is 17.2 Å². The molecule has 0 aliphatic rings. The molecule has 0 radical (unpaired) electrons. The quantitative estimate of drug-likeness (QED) is 0.124. The Morgan fingerprint density at radius 2 is 1.52 bits per heavy atom. The average Bonchev–Trinajstić information content (AvgIpc) is 3.10. The predicted octanol–water partition coefficient (Wildman–Crippen LogP) is 7.21. The van der Waals surface area contributed by atoms with Gasteiger partial charge in [0.1, 0.15) is 18.3 Å². The van der Waals surface area contributed by atoms with E-state index in [1.54, 1.807) is 67.6 Å². The van der Waals surface area contributed by atoms with Gasteiger partial charge in [-0.3, -0.25) is 13.9 Å². The smallest absolute Gasteiger partial charge is 0.264 e. The number of thioether (sulfide) groups is 1. The van der Waals surface area contributed by atoms with Crippen molar-refractivity contribution in [3.63, 3.8) is 0 Å². The minimum absolute atomic E-state index is 0.0269. The van der Waals surface area contributed by atoms with Crippen molar-refractivity contribution in [1.82, 2.24) is 10.2 Å². The summed E-state index contributed by atoms with van der Waals surface area (Å²) in [4.78, 5) is 31.1. The lowest BCUT2D eigenvalue weighted by atomic mass is 10.0. The molecule has 254 valence electrons. The lowest BCUT2D eigenvalue weighted by Crippen LogP contribution is -2.54. The van der Waals surface area contributed by atoms with E-state index in [-0.39, 0.29) is 35.5 Å². The molecule has 8 nitrogen and oxygen atoms in total. The van der Waals surface area contributed by atoms with E-state index in [0.717, 1.165) is 20.3 Å². The number of rotatable bonds is 16. The molecule has 0 bridgehead atoms. The second-order valence-electron chi connectivity index (χ2n) is 11.3. The molecule has 2 atom stereocenters. The number of para-hydroxylation sites is 2. The number of nitrogens with one attached hydrogen (secondary N) is 1. The Morgan fingerprint density at radius 3 is 2.15 bits per heavy atom. The van der Waals surface area contributed by atoms with Gasteiger partial charge in [0, 0.05) is 28.9 Å². The van der Waals surface area contributed by atoms with Gasteiger partial charge in [0.25, 0.3) is 10.0 Å². The van der Waals surface area contributed by atoms with Crippen molar-refractivity contribution in [2.75, 3.05) is 23.7 Å². The van der Waals surface area contributed by atoms with E-state index >= 15 is 0 Å². The minimum atomic E-state index is -4.28. The number of anilines is 1. The highest BCUT2D eigenvalue weighted by Crippen LogP contribution is 2.33. The monoisotopic (exact) mass is 707 g/mol. The normalized spacial score (nSPS) is 12.5. The zero-order chi connectivity index (χ0) is 34.7. The van der Waals surface area contributed by atoms with Crippen LogP contribution >= 0.6 is 23.4 Å². The van der Waals surface area contributed by atoms with Gasteiger partial charge < -0.3 is 15.0 Å². The highest BCUT2D eigenvalue weighted by Gasteiger charge is 2.35. The van der Waals surface area contributed by atoms with E-state index in [1.807, 2.05) is 50.4 Å². The Bertz CT molecular complexity index is 1750. The summed E-state index contributed by atoms with van der Waals surface area (Å²) < 4.78 is 35.8. The molecule has 0 saturated carbocycles. The van der Waals surface area contributed by atoms with Gasteiger partial charge in [-0.15, -0.1) is 11.8 Å². The second-order valence-corrected chi connectivity index (χ2v) is 14.4. The number of hydrogen-bond acceptors (Lipinski definition) is 6. The summed E-state index contributed by atoms with van der Waals surface area (Å²) in [5.41, 5.74) is 1.81. The van der Waals surface area contributed by atoms with Crippen LogP contribution in [0.15, 0.2) is 113 Å². The number of sulfonamides is 1. The van der Waals surface area contributed by atoms with Crippen LogP contribution in [0.5, 0.6) is 5.75 Å². The molecule has 0 aliphatic heterocycles. The van der Waals surface area contributed by atoms with E-state index in [4.69, 9.17) is 16.3 Å². The van der Waals surface area contributed by atoms with Gasteiger partial charge in [0.2, 0.25) is 11.8 Å². The Kier molecular flexibility index (Phi) is 13.4. The molecule has 0 saturated heterocycles. The van der Waals surface area contributed by atoms with Crippen LogP contribution in [0.2, 0.25) is 5.02 Å². The largest absolute Gasteiger partial charge is 0.492 e. The molecular weight excluding hydrogens is 666 g/mol. The zero-order valence-corrected chi connectivity index (χ0v) is 30.0. The van der Waals surface area contributed by atoms with E-state index < -0.39 is 28.5 Å². The number of nitrogens with zero attached hydrogens (tertiary/aromatic N) is 2. The molecule has 11 heteroatoms. The van der Waals surface area contributed by atoms with Gasteiger partial charge in [0.15, 0.2) is 0 Å². The first kappa shape index (κ1) is 36.8. The second kappa shape index (κ2) is 17.4. The fraction of sp³-hybridized carbons (Fsp3) is 0.297. The Morgan fingerprint density at radius 1 is 0.875 bits per heavy atom. The average molecular weight is 708 g/mol. The van der Waals surface area contributed by atoms with E-state index in [0.29, 0.717) is 23.8 Å². The Balaban J connectivity index is 1.84. The summed E-state index contributed by atoms with van der Waals surface area (Å²) in [6, 6.07) is 28.7. The lowest BCUT2D eigenvalue weighted by molar-refractivity contribution is -0.140. The molecule has 0 unspecified atom stereocenters. The van der Waals surface area contributed by atoms with Gasteiger partial charge in [-0.25, -0.2) is 8.42 Å². The number of hydrogen-bond donors (Lipinski definition) is 1. The number of benzene rings is 4. The van der Waals surface area contributed by atoms with Crippen molar-refractivity contribution in [1.29, 1.82) is 0 Å². The summed E-state index contributed by atoms with van der Waals surface area (Å²) in [5.74, 6) is -0.565. The standard InChI is InChI=1S/C37H42ClN3O5S2/c1-5-27(3)39-37(43)34(24-28-12-8-7-9-13-28)40(25-29-16-18-30(38)19-17-29)36(42)26-41(33-14-10-11-15-35(33)46-6-2)48(44,45)32-22-20-31(47-4)21-23-32/h7-23,27,34H,5-6,24-26H2,1-4H3,(H,39,43)/t27-,34-/m0/s1. The first-order valence-electron chi connectivity index (χ1n) is 15.8. The van der Waals surface area contributed by atoms with Crippen LogP contribution in [-0.4, -0.2) is 56.6 Å². The van der Waals surface area contributed by atoms with Crippen molar-refractivity contribution >= 4 is 50.9 Å². The van der Waals surface area contributed by atoms with Crippen LogP contribution in [0, 0.1) is 0 Å². The molecule has 1 N–H and O–H groups in total. The first-order valence-corrected chi connectivity index (χ1v) is 18.9. The number of ether oxygens (including phenoxy) is 1. The third kappa shape index (κ3) is 9.55. The SMILES string of the molecule is CCOc1ccccc1N(CC(=O)N(Cc1ccc(Cl)cc1)[C@@H](Cc1ccccc1)C(=O)N[C@@H](C)CC)S(=O)(=O)c1ccc(SC)cc1. The molecule has 0 fully saturated rings. The molecule has 4 aromatic carbocycles. The highest BCUT2D eigenvalue weighted by atomic mass is 35.5. The molecule has 4 aromatic rings. The Hall–Kier alpha value is -3.99. The third-order valence-corrected chi connectivity index (χ3v) is 10.7. The van der Waals surface area contributed by atoms with Gasteiger partial charge in [-0.05, 0) is 86.2 Å².